The van der Waals surface area contributed by atoms with Gasteiger partial charge in [-0.15, -0.1) is 0 Å². The highest BCUT2D eigenvalue weighted by molar-refractivity contribution is 4.86. The molecule has 1 rings (SSSR count). The number of nitrogens with zero attached hydrogens (tertiary/aromatic N) is 3. The van der Waals surface area contributed by atoms with Gasteiger partial charge in [0.15, 0.2) is 0 Å². The molecule has 0 aliphatic carbocycles. The molecule has 0 aliphatic rings. The Balaban J connectivity index is 2.45. The topological polar surface area (TPSA) is 42.7 Å². The Labute approximate surface area is 105 Å². The second-order valence-electron chi connectivity index (χ2n) is 5.22. The van der Waals surface area contributed by atoms with Crippen molar-refractivity contribution in [3.8, 4) is 0 Å². The monoisotopic (exact) mass is 264 g/mol. The van der Waals surface area contributed by atoms with Crippen LogP contribution in [0.2, 0.25) is 0 Å². The van der Waals surface area contributed by atoms with Crippen LogP contribution in [0.1, 0.15) is 39.4 Å². The van der Waals surface area contributed by atoms with E-state index in [0.29, 0.717) is 12.4 Å². The molecule has 18 heavy (non-hydrogen) atoms. The highest BCUT2D eigenvalue weighted by Gasteiger charge is 2.26. The van der Waals surface area contributed by atoms with Gasteiger partial charge in [-0.3, -0.25) is 0 Å². The average molecular weight is 264 g/mol. The minimum Gasteiger partial charge on any atom is -0.305 e. The fourth-order valence-corrected chi connectivity index (χ4v) is 1.39. The quantitative estimate of drug-likeness (QED) is 0.888. The Bertz CT molecular complexity index is 365. The summed E-state index contributed by atoms with van der Waals surface area (Å²) in [6.07, 6.45) is -3.51. The first-order valence-corrected chi connectivity index (χ1v) is 5.86. The summed E-state index contributed by atoms with van der Waals surface area (Å²) < 4.78 is 37.6. The molecule has 0 aliphatic heterocycles. The smallest absolute Gasteiger partial charge is 0.305 e. The molecule has 0 bridgehead atoms. The maximum absolute atomic E-state index is 12.0. The van der Waals surface area contributed by atoms with Crippen LogP contribution in [0, 0.1) is 0 Å². The highest BCUT2D eigenvalue weighted by Crippen LogP contribution is 2.21. The summed E-state index contributed by atoms with van der Waals surface area (Å²) in [5.74, 6) is 0.659. The van der Waals surface area contributed by atoms with Crippen LogP contribution >= 0.6 is 0 Å². The van der Waals surface area contributed by atoms with E-state index in [9.17, 15) is 13.2 Å². The SMILES string of the molecule is CC(C)(C)NCc1ncnn1CCCC(F)(F)F. The van der Waals surface area contributed by atoms with Crippen LogP contribution in [-0.4, -0.2) is 26.5 Å². The van der Waals surface area contributed by atoms with Crippen molar-refractivity contribution in [1.29, 1.82) is 0 Å². The van der Waals surface area contributed by atoms with E-state index >= 15 is 0 Å². The summed E-state index contributed by atoms with van der Waals surface area (Å²) in [5, 5.41) is 7.16. The van der Waals surface area contributed by atoms with Crippen molar-refractivity contribution in [2.24, 2.45) is 0 Å². The van der Waals surface area contributed by atoms with Crippen LogP contribution in [0.3, 0.4) is 0 Å². The fraction of sp³-hybridized carbons (Fsp3) is 0.818. The van der Waals surface area contributed by atoms with E-state index in [1.54, 1.807) is 0 Å². The zero-order valence-corrected chi connectivity index (χ0v) is 10.9. The largest absolute Gasteiger partial charge is 0.389 e. The number of rotatable bonds is 5. The molecule has 0 saturated heterocycles. The number of nitrogens with one attached hydrogen (secondary N) is 1. The van der Waals surface area contributed by atoms with E-state index in [1.165, 1.54) is 11.0 Å². The predicted molar refractivity (Wildman–Crippen MR) is 61.9 cm³/mol. The van der Waals surface area contributed by atoms with Gasteiger partial charge >= 0.3 is 6.18 Å². The van der Waals surface area contributed by atoms with Crippen LogP contribution in [-0.2, 0) is 13.1 Å². The standard InChI is InChI=1S/C11H19F3N4/c1-10(2,3)16-7-9-15-8-17-18(9)6-4-5-11(12,13)14/h8,16H,4-7H2,1-3H3. The normalized spacial score (nSPS) is 13.0. The van der Waals surface area contributed by atoms with E-state index < -0.39 is 12.6 Å². The predicted octanol–water partition coefficient (Wildman–Crippen LogP) is 2.51. The lowest BCUT2D eigenvalue weighted by atomic mass is 10.1. The van der Waals surface area contributed by atoms with Crippen molar-refractivity contribution in [3.05, 3.63) is 12.2 Å². The number of alkyl halides is 3. The lowest BCUT2D eigenvalue weighted by Crippen LogP contribution is -2.36. The van der Waals surface area contributed by atoms with Gasteiger partial charge in [0.25, 0.3) is 0 Å². The Kier molecular flexibility index (Phi) is 4.72. The molecule has 1 N–H and O–H groups in total. The van der Waals surface area contributed by atoms with E-state index in [-0.39, 0.29) is 18.5 Å². The molecule has 0 fully saturated rings. The molecule has 4 nitrogen and oxygen atoms in total. The highest BCUT2D eigenvalue weighted by atomic mass is 19.4. The Morgan fingerprint density at radius 2 is 1.94 bits per heavy atom. The Hall–Kier alpha value is -1.11. The van der Waals surface area contributed by atoms with E-state index in [4.69, 9.17) is 0 Å². The van der Waals surface area contributed by atoms with E-state index in [1.807, 2.05) is 20.8 Å². The zero-order chi connectivity index (χ0) is 13.8. The number of hydrogen-bond donors (Lipinski definition) is 1. The van der Waals surface area contributed by atoms with Gasteiger partial charge in [-0.25, -0.2) is 9.67 Å². The van der Waals surface area contributed by atoms with Crippen LogP contribution in [0.4, 0.5) is 13.2 Å². The maximum Gasteiger partial charge on any atom is 0.389 e. The minimum atomic E-state index is -4.11. The first-order valence-electron chi connectivity index (χ1n) is 5.86. The molecule has 1 heterocycles. The van der Waals surface area contributed by atoms with Crippen molar-refractivity contribution < 1.29 is 13.2 Å². The third-order valence-electron chi connectivity index (χ3n) is 2.30. The minimum absolute atomic E-state index is 0.0232. The van der Waals surface area contributed by atoms with Crippen molar-refractivity contribution in [2.45, 2.75) is 58.4 Å². The number of halogens is 3. The molecule has 104 valence electrons. The van der Waals surface area contributed by atoms with Gasteiger partial charge in [0.2, 0.25) is 0 Å². The number of aromatic nitrogens is 3. The Morgan fingerprint density at radius 3 is 2.50 bits per heavy atom. The molecule has 0 saturated carbocycles. The van der Waals surface area contributed by atoms with Crippen LogP contribution in [0.15, 0.2) is 6.33 Å². The molecule has 0 atom stereocenters. The molecule has 0 aromatic carbocycles. The molecular weight excluding hydrogens is 245 g/mol. The second-order valence-corrected chi connectivity index (χ2v) is 5.22. The number of aryl methyl sites for hydroxylation is 1. The summed E-state index contributed by atoms with van der Waals surface area (Å²) in [6.45, 7) is 6.77. The first-order chi connectivity index (χ1) is 8.17. The maximum atomic E-state index is 12.0. The molecule has 0 spiro atoms. The first kappa shape index (κ1) is 14.9. The van der Waals surface area contributed by atoms with Crippen molar-refractivity contribution >= 4 is 0 Å². The summed E-state index contributed by atoms with van der Waals surface area (Å²) in [5.41, 5.74) is -0.0667. The Morgan fingerprint density at radius 1 is 1.28 bits per heavy atom. The summed E-state index contributed by atoms with van der Waals surface area (Å²) in [4.78, 5) is 4.04. The van der Waals surface area contributed by atoms with Crippen LogP contribution in [0.25, 0.3) is 0 Å². The summed E-state index contributed by atoms with van der Waals surface area (Å²) in [7, 11) is 0. The van der Waals surface area contributed by atoms with E-state index in [2.05, 4.69) is 15.4 Å². The van der Waals surface area contributed by atoms with E-state index in [0.717, 1.165) is 0 Å². The molecule has 1 aromatic rings. The average Bonchev–Trinajstić information content (AvgIpc) is 2.59. The fourth-order valence-electron chi connectivity index (χ4n) is 1.39. The molecule has 7 heteroatoms. The lowest BCUT2D eigenvalue weighted by Gasteiger charge is -2.20. The van der Waals surface area contributed by atoms with Gasteiger partial charge in [0.1, 0.15) is 12.2 Å². The van der Waals surface area contributed by atoms with Crippen molar-refractivity contribution in [1.82, 2.24) is 20.1 Å². The summed E-state index contributed by atoms with van der Waals surface area (Å²) in [6, 6.07) is 0. The molecular formula is C11H19F3N4. The second kappa shape index (κ2) is 5.69. The van der Waals surface area contributed by atoms with Crippen LogP contribution in [0.5, 0.6) is 0 Å². The third kappa shape index (κ3) is 6.00. The van der Waals surface area contributed by atoms with Crippen molar-refractivity contribution in [2.75, 3.05) is 0 Å². The van der Waals surface area contributed by atoms with Gasteiger partial charge in [0, 0.05) is 18.5 Å². The summed E-state index contributed by atoms with van der Waals surface area (Å²) >= 11 is 0. The van der Waals surface area contributed by atoms with Gasteiger partial charge in [-0.2, -0.15) is 18.3 Å². The molecule has 1 aromatic heterocycles. The lowest BCUT2D eigenvalue weighted by molar-refractivity contribution is -0.136. The van der Waals surface area contributed by atoms with Gasteiger partial charge in [-0.1, -0.05) is 0 Å². The molecule has 0 amide bonds. The van der Waals surface area contributed by atoms with Gasteiger partial charge in [-0.05, 0) is 27.2 Å². The third-order valence-corrected chi connectivity index (χ3v) is 2.30. The van der Waals surface area contributed by atoms with Crippen LogP contribution < -0.4 is 5.32 Å². The molecule has 0 radical (unpaired) electrons. The van der Waals surface area contributed by atoms with Crippen molar-refractivity contribution in [3.63, 3.8) is 0 Å². The van der Waals surface area contributed by atoms with Gasteiger partial charge < -0.3 is 5.32 Å². The molecule has 0 unspecified atom stereocenters. The zero-order valence-electron chi connectivity index (χ0n) is 10.9. The number of hydrogen-bond acceptors (Lipinski definition) is 3. The van der Waals surface area contributed by atoms with Gasteiger partial charge in [0.05, 0.1) is 6.54 Å².